The van der Waals surface area contributed by atoms with Crippen LogP contribution in [0, 0.1) is 23.2 Å². The van der Waals surface area contributed by atoms with Crippen LogP contribution in [0.3, 0.4) is 0 Å². The number of rotatable bonds is 6. The first kappa shape index (κ1) is 17.4. The van der Waals surface area contributed by atoms with E-state index in [4.69, 9.17) is 9.47 Å². The van der Waals surface area contributed by atoms with E-state index in [9.17, 15) is 0 Å². The zero-order valence-electron chi connectivity index (χ0n) is 16.4. The first-order valence-electron chi connectivity index (χ1n) is 10.2. The van der Waals surface area contributed by atoms with Gasteiger partial charge in [-0.1, -0.05) is 32.9 Å². The maximum absolute atomic E-state index is 6.43. The zero-order valence-corrected chi connectivity index (χ0v) is 16.4. The predicted octanol–water partition coefficient (Wildman–Crippen LogP) is 5.94. The summed E-state index contributed by atoms with van der Waals surface area (Å²) in [6, 6.07) is 8.73. The van der Waals surface area contributed by atoms with Crippen molar-refractivity contribution in [3.8, 4) is 5.75 Å². The quantitative estimate of drug-likeness (QED) is 0.595. The third kappa shape index (κ3) is 3.12. The van der Waals surface area contributed by atoms with Gasteiger partial charge >= 0.3 is 0 Å². The molecule has 138 valence electrons. The zero-order chi connectivity index (χ0) is 17.7. The first-order chi connectivity index (χ1) is 11.9. The molecule has 0 spiro atoms. The highest BCUT2D eigenvalue weighted by atomic mass is 16.7. The standard InChI is InChI=1S/C23H34O2/c1-5-22(2,3)19-6-8-20(9-7-19)25-21(24-4)23-13-16-10-17(14-23)12-18(11-16)15-23/h6-9,16-18,21H,5,10-15H2,1-4H3. The third-order valence-corrected chi connectivity index (χ3v) is 7.56. The van der Waals surface area contributed by atoms with E-state index in [0.29, 0.717) is 0 Å². The molecular weight excluding hydrogens is 308 g/mol. The molecule has 4 aliphatic rings. The van der Waals surface area contributed by atoms with Crippen LogP contribution in [-0.4, -0.2) is 13.4 Å². The summed E-state index contributed by atoms with van der Waals surface area (Å²) >= 11 is 0. The molecule has 0 saturated heterocycles. The monoisotopic (exact) mass is 342 g/mol. The van der Waals surface area contributed by atoms with E-state index < -0.39 is 0 Å². The molecule has 0 radical (unpaired) electrons. The van der Waals surface area contributed by atoms with E-state index in [0.717, 1.165) is 29.9 Å². The van der Waals surface area contributed by atoms with Crippen LogP contribution in [0.2, 0.25) is 0 Å². The van der Waals surface area contributed by atoms with Crippen molar-refractivity contribution in [2.45, 2.75) is 77.4 Å². The highest BCUT2D eigenvalue weighted by molar-refractivity contribution is 5.31. The van der Waals surface area contributed by atoms with Gasteiger partial charge in [0.2, 0.25) is 6.29 Å². The van der Waals surface area contributed by atoms with Gasteiger partial charge in [0.05, 0.1) is 0 Å². The second-order valence-corrected chi connectivity index (χ2v) is 9.73. The number of hydrogen-bond acceptors (Lipinski definition) is 2. The SMILES string of the molecule is CCC(C)(C)c1ccc(OC(OC)C23CC4CC(CC(C4)C2)C3)cc1. The first-order valence-corrected chi connectivity index (χ1v) is 10.2. The minimum absolute atomic E-state index is 0.0917. The Kier molecular flexibility index (Phi) is 4.38. The lowest BCUT2D eigenvalue weighted by Crippen LogP contribution is -2.53. The molecular formula is C23H34O2. The molecule has 0 aromatic heterocycles. The average Bonchev–Trinajstić information content (AvgIpc) is 2.58. The summed E-state index contributed by atoms with van der Waals surface area (Å²) in [4.78, 5) is 0. The van der Waals surface area contributed by atoms with Crippen molar-refractivity contribution < 1.29 is 9.47 Å². The molecule has 4 bridgehead atoms. The summed E-state index contributed by atoms with van der Waals surface area (Å²) < 4.78 is 12.4. The van der Waals surface area contributed by atoms with Crippen molar-refractivity contribution in [1.82, 2.24) is 0 Å². The summed E-state index contributed by atoms with van der Waals surface area (Å²) in [5.41, 5.74) is 1.86. The second kappa shape index (κ2) is 6.30. The van der Waals surface area contributed by atoms with Crippen molar-refractivity contribution in [1.29, 1.82) is 0 Å². The third-order valence-electron chi connectivity index (χ3n) is 7.56. The fraction of sp³-hybridized carbons (Fsp3) is 0.739. The fourth-order valence-electron chi connectivity index (χ4n) is 6.20. The molecule has 1 aromatic carbocycles. The van der Waals surface area contributed by atoms with Crippen LogP contribution in [-0.2, 0) is 10.2 Å². The van der Waals surface area contributed by atoms with E-state index in [2.05, 4.69) is 45.0 Å². The summed E-state index contributed by atoms with van der Waals surface area (Å²) in [5, 5.41) is 0. The molecule has 0 N–H and O–H groups in total. The summed E-state index contributed by atoms with van der Waals surface area (Å²) in [5.74, 6) is 3.71. The second-order valence-electron chi connectivity index (χ2n) is 9.73. The van der Waals surface area contributed by atoms with Crippen molar-refractivity contribution in [2.24, 2.45) is 23.2 Å². The largest absolute Gasteiger partial charge is 0.464 e. The molecule has 4 saturated carbocycles. The Balaban J connectivity index is 1.51. The van der Waals surface area contributed by atoms with Crippen LogP contribution in [0.4, 0.5) is 0 Å². The lowest BCUT2D eigenvalue weighted by atomic mass is 9.49. The molecule has 4 fully saturated rings. The van der Waals surface area contributed by atoms with Gasteiger partial charge in [0, 0.05) is 12.5 Å². The van der Waals surface area contributed by atoms with Gasteiger partial charge < -0.3 is 9.47 Å². The van der Waals surface area contributed by atoms with Gasteiger partial charge in [-0.2, -0.15) is 0 Å². The van der Waals surface area contributed by atoms with Crippen molar-refractivity contribution in [3.63, 3.8) is 0 Å². The van der Waals surface area contributed by atoms with Gasteiger partial charge in [-0.25, -0.2) is 0 Å². The van der Waals surface area contributed by atoms with E-state index in [1.54, 1.807) is 0 Å². The Morgan fingerprint density at radius 2 is 1.52 bits per heavy atom. The summed E-state index contributed by atoms with van der Waals surface area (Å²) in [7, 11) is 1.83. The average molecular weight is 343 g/mol. The maximum Gasteiger partial charge on any atom is 0.205 e. The van der Waals surface area contributed by atoms with Crippen LogP contribution in [0.15, 0.2) is 24.3 Å². The van der Waals surface area contributed by atoms with Gasteiger partial charge in [0.1, 0.15) is 5.75 Å². The van der Waals surface area contributed by atoms with E-state index in [-0.39, 0.29) is 17.1 Å². The molecule has 0 aliphatic heterocycles. The van der Waals surface area contributed by atoms with Gasteiger partial charge in [0.25, 0.3) is 0 Å². The van der Waals surface area contributed by atoms with Crippen molar-refractivity contribution in [2.75, 3.05) is 7.11 Å². The molecule has 2 nitrogen and oxygen atoms in total. The Labute approximate surface area is 153 Å². The van der Waals surface area contributed by atoms with Crippen LogP contribution in [0.5, 0.6) is 5.75 Å². The van der Waals surface area contributed by atoms with Crippen LogP contribution in [0.1, 0.15) is 71.3 Å². The van der Waals surface area contributed by atoms with Crippen LogP contribution < -0.4 is 4.74 Å². The topological polar surface area (TPSA) is 18.5 Å². The number of hydrogen-bond donors (Lipinski definition) is 0. The lowest BCUT2D eigenvalue weighted by Gasteiger charge is -2.58. The molecule has 5 rings (SSSR count). The van der Waals surface area contributed by atoms with Crippen LogP contribution in [0.25, 0.3) is 0 Å². The van der Waals surface area contributed by atoms with E-state index in [1.807, 2.05) is 7.11 Å². The van der Waals surface area contributed by atoms with Gasteiger partial charge in [-0.3, -0.25) is 0 Å². The maximum atomic E-state index is 6.43. The van der Waals surface area contributed by atoms with Crippen molar-refractivity contribution in [3.05, 3.63) is 29.8 Å². The molecule has 0 amide bonds. The predicted molar refractivity (Wildman–Crippen MR) is 102 cm³/mol. The Bertz CT molecular complexity index is 566. The Morgan fingerprint density at radius 1 is 1.00 bits per heavy atom. The van der Waals surface area contributed by atoms with Crippen LogP contribution >= 0.6 is 0 Å². The molecule has 1 unspecified atom stereocenters. The van der Waals surface area contributed by atoms with E-state index >= 15 is 0 Å². The Morgan fingerprint density at radius 3 is 1.96 bits per heavy atom. The molecule has 1 atom stereocenters. The smallest absolute Gasteiger partial charge is 0.205 e. The van der Waals surface area contributed by atoms with Gasteiger partial charge in [-0.05, 0) is 85.8 Å². The van der Waals surface area contributed by atoms with Crippen molar-refractivity contribution >= 4 is 0 Å². The molecule has 25 heavy (non-hydrogen) atoms. The highest BCUT2D eigenvalue weighted by Gasteiger charge is 2.55. The molecule has 0 heterocycles. The molecule has 4 aliphatic carbocycles. The van der Waals surface area contributed by atoms with Gasteiger partial charge in [0.15, 0.2) is 0 Å². The molecule has 2 heteroatoms. The summed E-state index contributed by atoms with van der Waals surface area (Å²) in [6.45, 7) is 6.85. The fourth-order valence-corrected chi connectivity index (χ4v) is 6.20. The van der Waals surface area contributed by atoms with Gasteiger partial charge in [-0.15, -0.1) is 0 Å². The number of ether oxygens (including phenoxy) is 2. The minimum atomic E-state index is -0.0917. The Hall–Kier alpha value is -1.02. The highest BCUT2D eigenvalue weighted by Crippen LogP contribution is 2.61. The summed E-state index contributed by atoms with van der Waals surface area (Å²) in [6.07, 6.45) is 9.32. The minimum Gasteiger partial charge on any atom is -0.464 e. The lowest BCUT2D eigenvalue weighted by molar-refractivity contribution is -0.204. The molecule has 1 aromatic rings. The normalized spacial score (nSPS) is 35.0. The number of methoxy groups -OCH3 is 1. The van der Waals surface area contributed by atoms with E-state index in [1.165, 1.54) is 44.1 Å². The number of benzene rings is 1.